The van der Waals surface area contributed by atoms with Crippen LogP contribution in [0.5, 0.6) is 5.75 Å². The third-order valence-corrected chi connectivity index (χ3v) is 4.90. The van der Waals surface area contributed by atoms with E-state index in [9.17, 15) is 13.2 Å². The summed E-state index contributed by atoms with van der Waals surface area (Å²) in [5.74, 6) is 1.82. The molecule has 7 nitrogen and oxygen atoms in total. The highest BCUT2D eigenvalue weighted by molar-refractivity contribution is 14.0. The zero-order valence-electron chi connectivity index (χ0n) is 16.9. The average Bonchev–Trinajstić information content (AvgIpc) is 3.28. The van der Waals surface area contributed by atoms with Crippen molar-refractivity contribution in [3.8, 4) is 5.75 Å². The summed E-state index contributed by atoms with van der Waals surface area (Å²) in [6, 6.07) is 6.32. The Hall–Kier alpha value is -2.05. The normalized spacial score (nSPS) is 15.0. The molecule has 2 aromatic rings. The lowest BCUT2D eigenvalue weighted by Crippen LogP contribution is -2.42. The first-order valence-corrected chi connectivity index (χ1v) is 9.55. The SMILES string of the molecule is Cc1nnc(CNC(=NCc2ccccc2OC(F)(F)F)NC2CCCC2)n1C.I. The minimum absolute atomic E-state index is 0. The number of nitrogens with zero attached hydrogens (tertiary/aromatic N) is 4. The van der Waals surface area contributed by atoms with E-state index in [0.717, 1.165) is 37.3 Å². The Kier molecular flexibility index (Phi) is 8.74. The molecule has 11 heteroatoms. The lowest BCUT2D eigenvalue weighted by atomic mass is 10.2. The van der Waals surface area contributed by atoms with E-state index < -0.39 is 6.36 Å². The molecule has 0 radical (unpaired) electrons. The lowest BCUT2D eigenvalue weighted by Gasteiger charge is -2.18. The molecule has 0 saturated heterocycles. The van der Waals surface area contributed by atoms with Gasteiger partial charge in [0.05, 0.1) is 13.1 Å². The van der Waals surface area contributed by atoms with Gasteiger partial charge in [-0.1, -0.05) is 31.0 Å². The van der Waals surface area contributed by atoms with Crippen molar-refractivity contribution in [1.82, 2.24) is 25.4 Å². The second-order valence-corrected chi connectivity index (χ2v) is 7.02. The Labute approximate surface area is 190 Å². The van der Waals surface area contributed by atoms with Gasteiger partial charge in [0.15, 0.2) is 11.8 Å². The van der Waals surface area contributed by atoms with Crippen molar-refractivity contribution < 1.29 is 17.9 Å². The van der Waals surface area contributed by atoms with Crippen LogP contribution in [0.4, 0.5) is 13.2 Å². The van der Waals surface area contributed by atoms with E-state index in [2.05, 4.69) is 30.6 Å². The molecule has 166 valence electrons. The van der Waals surface area contributed by atoms with Gasteiger partial charge in [-0.15, -0.1) is 47.3 Å². The summed E-state index contributed by atoms with van der Waals surface area (Å²) >= 11 is 0. The topological polar surface area (TPSA) is 76.4 Å². The molecule has 1 aromatic heterocycles. The summed E-state index contributed by atoms with van der Waals surface area (Å²) in [4.78, 5) is 4.49. The maximum absolute atomic E-state index is 12.6. The molecule has 0 spiro atoms. The third kappa shape index (κ3) is 7.03. The first kappa shape index (κ1) is 24.2. The molecule has 0 atom stereocenters. The largest absolute Gasteiger partial charge is 0.573 e. The van der Waals surface area contributed by atoms with Crippen molar-refractivity contribution >= 4 is 29.9 Å². The summed E-state index contributed by atoms with van der Waals surface area (Å²) in [5.41, 5.74) is 0.354. The predicted molar refractivity (Wildman–Crippen MR) is 118 cm³/mol. The third-order valence-electron chi connectivity index (χ3n) is 4.90. The van der Waals surface area contributed by atoms with Crippen LogP contribution in [0.25, 0.3) is 0 Å². The van der Waals surface area contributed by atoms with Crippen LogP contribution in [0.15, 0.2) is 29.3 Å². The minimum atomic E-state index is -4.74. The van der Waals surface area contributed by atoms with Gasteiger partial charge in [0.2, 0.25) is 0 Å². The Morgan fingerprint density at radius 3 is 2.57 bits per heavy atom. The van der Waals surface area contributed by atoms with Crippen LogP contribution < -0.4 is 15.4 Å². The molecule has 1 aliphatic carbocycles. The van der Waals surface area contributed by atoms with Gasteiger partial charge in [-0.25, -0.2) is 4.99 Å². The Balaban J connectivity index is 0.00000320. The molecular formula is C19H26F3IN6O. The summed E-state index contributed by atoms with van der Waals surface area (Å²) in [6.07, 6.45) is -0.369. The number of aliphatic imine (C=N–C) groups is 1. The molecule has 1 saturated carbocycles. The zero-order valence-corrected chi connectivity index (χ0v) is 19.2. The van der Waals surface area contributed by atoms with Gasteiger partial charge in [-0.3, -0.25) is 0 Å². The van der Waals surface area contributed by atoms with E-state index in [-0.39, 0.29) is 36.3 Å². The number of benzene rings is 1. The van der Waals surface area contributed by atoms with E-state index in [1.54, 1.807) is 12.1 Å². The fourth-order valence-electron chi connectivity index (χ4n) is 3.21. The molecule has 0 bridgehead atoms. The number of hydrogen-bond donors (Lipinski definition) is 2. The van der Waals surface area contributed by atoms with Crippen molar-refractivity contribution in [3.63, 3.8) is 0 Å². The number of hydrogen-bond acceptors (Lipinski definition) is 4. The maximum atomic E-state index is 12.6. The van der Waals surface area contributed by atoms with Crippen LogP contribution in [-0.4, -0.2) is 33.1 Å². The van der Waals surface area contributed by atoms with Crippen LogP contribution in [0.3, 0.4) is 0 Å². The molecule has 3 rings (SSSR count). The number of guanidine groups is 1. The van der Waals surface area contributed by atoms with Gasteiger partial charge >= 0.3 is 6.36 Å². The van der Waals surface area contributed by atoms with Crippen LogP contribution in [0.1, 0.15) is 42.9 Å². The highest BCUT2D eigenvalue weighted by atomic mass is 127. The van der Waals surface area contributed by atoms with Crippen LogP contribution in [0, 0.1) is 6.92 Å². The number of ether oxygens (including phenoxy) is 1. The van der Waals surface area contributed by atoms with E-state index in [4.69, 9.17) is 0 Å². The van der Waals surface area contributed by atoms with Gasteiger partial charge in [0.1, 0.15) is 11.6 Å². The summed E-state index contributed by atoms with van der Waals surface area (Å²) in [6.45, 7) is 2.31. The summed E-state index contributed by atoms with van der Waals surface area (Å²) in [5, 5.41) is 14.7. The lowest BCUT2D eigenvalue weighted by molar-refractivity contribution is -0.274. The standard InChI is InChI=1S/C19H25F3N6O.HI/c1-13-26-27-17(28(13)2)12-24-18(25-15-8-4-5-9-15)23-11-14-7-3-6-10-16(14)29-19(20,21)22;/h3,6-7,10,15H,4-5,8-9,11-12H2,1-2H3,(H2,23,24,25);1H. The monoisotopic (exact) mass is 538 g/mol. The van der Waals surface area contributed by atoms with Crippen molar-refractivity contribution in [1.29, 1.82) is 0 Å². The number of nitrogens with one attached hydrogen (secondary N) is 2. The molecule has 0 unspecified atom stereocenters. The molecule has 0 amide bonds. The predicted octanol–water partition coefficient (Wildman–Crippen LogP) is 3.82. The van der Waals surface area contributed by atoms with Crippen molar-refractivity contribution in [2.24, 2.45) is 12.0 Å². The van der Waals surface area contributed by atoms with E-state index in [1.165, 1.54) is 12.1 Å². The number of halogens is 4. The second-order valence-electron chi connectivity index (χ2n) is 7.02. The van der Waals surface area contributed by atoms with Crippen LogP contribution >= 0.6 is 24.0 Å². The van der Waals surface area contributed by atoms with Crippen molar-refractivity contribution in [3.05, 3.63) is 41.5 Å². The van der Waals surface area contributed by atoms with Gasteiger partial charge in [0.25, 0.3) is 0 Å². The first-order valence-electron chi connectivity index (χ1n) is 9.55. The molecular weight excluding hydrogens is 512 g/mol. The molecule has 30 heavy (non-hydrogen) atoms. The number of aromatic nitrogens is 3. The smallest absolute Gasteiger partial charge is 0.405 e. The molecule has 1 heterocycles. The van der Waals surface area contributed by atoms with E-state index >= 15 is 0 Å². The molecule has 1 fully saturated rings. The second kappa shape index (κ2) is 10.8. The maximum Gasteiger partial charge on any atom is 0.573 e. The van der Waals surface area contributed by atoms with Gasteiger partial charge in [-0.05, 0) is 25.8 Å². The highest BCUT2D eigenvalue weighted by Crippen LogP contribution is 2.26. The fourth-order valence-corrected chi connectivity index (χ4v) is 3.21. The number of alkyl halides is 3. The summed E-state index contributed by atoms with van der Waals surface area (Å²) in [7, 11) is 1.87. The van der Waals surface area contributed by atoms with Gasteiger partial charge in [0, 0.05) is 18.7 Å². The van der Waals surface area contributed by atoms with Crippen LogP contribution in [0.2, 0.25) is 0 Å². The first-order chi connectivity index (χ1) is 13.8. The Bertz CT molecular complexity index is 849. The van der Waals surface area contributed by atoms with Gasteiger partial charge < -0.3 is 19.9 Å². The molecule has 2 N–H and O–H groups in total. The Morgan fingerprint density at radius 2 is 1.93 bits per heavy atom. The van der Waals surface area contributed by atoms with Crippen molar-refractivity contribution in [2.45, 2.75) is 58.1 Å². The number of rotatable bonds is 6. The Morgan fingerprint density at radius 1 is 1.23 bits per heavy atom. The van der Waals surface area contributed by atoms with E-state index in [0.29, 0.717) is 24.1 Å². The zero-order chi connectivity index (χ0) is 20.9. The molecule has 1 aliphatic rings. The summed E-state index contributed by atoms with van der Waals surface area (Å²) < 4.78 is 43.9. The number of aryl methyl sites for hydroxylation is 1. The van der Waals surface area contributed by atoms with E-state index in [1.807, 2.05) is 18.5 Å². The fraction of sp³-hybridized carbons (Fsp3) is 0.526. The molecule has 0 aliphatic heterocycles. The van der Waals surface area contributed by atoms with Gasteiger partial charge in [-0.2, -0.15) is 0 Å². The number of para-hydroxylation sites is 1. The quantitative estimate of drug-likeness (QED) is 0.333. The average molecular weight is 538 g/mol. The minimum Gasteiger partial charge on any atom is -0.405 e. The molecule has 1 aromatic carbocycles. The van der Waals surface area contributed by atoms with Crippen LogP contribution in [-0.2, 0) is 20.1 Å². The van der Waals surface area contributed by atoms with Crippen molar-refractivity contribution in [2.75, 3.05) is 0 Å². The highest BCUT2D eigenvalue weighted by Gasteiger charge is 2.32.